The molecule has 0 aliphatic heterocycles. The smallest absolute Gasteiger partial charge is 0.339 e. The van der Waals surface area contributed by atoms with Gasteiger partial charge in [-0.1, -0.05) is 6.07 Å². The lowest BCUT2D eigenvalue weighted by atomic mass is 10.0. The van der Waals surface area contributed by atoms with Crippen LogP contribution < -0.4 is 0 Å². The van der Waals surface area contributed by atoms with Crippen LogP contribution in [0.4, 0.5) is 0 Å². The maximum Gasteiger partial charge on any atom is 0.339 e. The third-order valence-electron chi connectivity index (χ3n) is 2.74. The third kappa shape index (κ3) is 1.88. The number of rotatable bonds is 2. The van der Waals surface area contributed by atoms with Gasteiger partial charge in [-0.3, -0.25) is 4.79 Å². The Labute approximate surface area is 104 Å². The first-order valence-electron chi connectivity index (χ1n) is 5.71. The van der Waals surface area contributed by atoms with Gasteiger partial charge in [0.1, 0.15) is 0 Å². The maximum atomic E-state index is 11.9. The molecule has 0 aliphatic carbocycles. The number of carbonyl (C=O) groups excluding carboxylic acids is 2. The zero-order valence-corrected chi connectivity index (χ0v) is 10.6. The van der Waals surface area contributed by atoms with E-state index in [4.69, 9.17) is 4.74 Å². The van der Waals surface area contributed by atoms with Crippen LogP contribution >= 0.6 is 0 Å². The first-order valence-corrected chi connectivity index (χ1v) is 5.71. The summed E-state index contributed by atoms with van der Waals surface area (Å²) >= 11 is 0. The lowest BCUT2D eigenvalue weighted by Crippen LogP contribution is -2.09. The fourth-order valence-corrected chi connectivity index (χ4v) is 1.94. The van der Waals surface area contributed by atoms with Crippen molar-refractivity contribution in [1.29, 1.82) is 0 Å². The average Bonchev–Trinajstić information content (AvgIpc) is 2.72. The SMILES string of the molecule is CCOC(=O)c1c(C)ccc2c1cnn2C(C)=O. The number of aromatic nitrogens is 2. The van der Waals surface area contributed by atoms with Crippen LogP contribution in [-0.4, -0.2) is 28.3 Å². The van der Waals surface area contributed by atoms with E-state index in [1.165, 1.54) is 17.8 Å². The van der Waals surface area contributed by atoms with Gasteiger partial charge < -0.3 is 4.74 Å². The Morgan fingerprint density at radius 2 is 2.11 bits per heavy atom. The van der Waals surface area contributed by atoms with E-state index < -0.39 is 0 Å². The molecule has 5 nitrogen and oxygen atoms in total. The first-order chi connectivity index (χ1) is 8.56. The molecule has 1 heterocycles. The lowest BCUT2D eigenvalue weighted by Gasteiger charge is -2.07. The van der Waals surface area contributed by atoms with Crippen molar-refractivity contribution >= 4 is 22.8 Å². The van der Waals surface area contributed by atoms with Gasteiger partial charge in [-0.05, 0) is 25.5 Å². The second-order valence-electron chi connectivity index (χ2n) is 3.99. The number of aryl methyl sites for hydroxylation is 1. The summed E-state index contributed by atoms with van der Waals surface area (Å²) in [5.41, 5.74) is 1.90. The highest BCUT2D eigenvalue weighted by molar-refractivity contribution is 6.06. The summed E-state index contributed by atoms with van der Waals surface area (Å²) in [6.45, 7) is 5.33. The van der Waals surface area contributed by atoms with Crippen LogP contribution in [0.2, 0.25) is 0 Å². The zero-order chi connectivity index (χ0) is 13.3. The monoisotopic (exact) mass is 246 g/mol. The number of ether oxygens (including phenoxy) is 1. The van der Waals surface area contributed by atoms with Gasteiger partial charge in [-0.25, -0.2) is 9.48 Å². The van der Waals surface area contributed by atoms with E-state index in [9.17, 15) is 9.59 Å². The molecule has 0 radical (unpaired) electrons. The highest BCUT2D eigenvalue weighted by Gasteiger charge is 2.18. The molecule has 5 heteroatoms. The second kappa shape index (κ2) is 4.60. The summed E-state index contributed by atoms with van der Waals surface area (Å²) in [7, 11) is 0. The third-order valence-corrected chi connectivity index (χ3v) is 2.74. The van der Waals surface area contributed by atoms with Crippen LogP contribution in [0.1, 0.15) is 34.6 Å². The Bertz CT molecular complexity index is 628. The summed E-state index contributed by atoms with van der Waals surface area (Å²) in [5, 5.41) is 4.64. The number of fused-ring (bicyclic) bond motifs is 1. The number of hydrogen-bond acceptors (Lipinski definition) is 4. The van der Waals surface area contributed by atoms with E-state index >= 15 is 0 Å². The quantitative estimate of drug-likeness (QED) is 0.762. The second-order valence-corrected chi connectivity index (χ2v) is 3.99. The Morgan fingerprint density at radius 3 is 2.72 bits per heavy atom. The molecule has 0 saturated heterocycles. The van der Waals surface area contributed by atoms with Crippen LogP contribution in [-0.2, 0) is 4.74 Å². The molecule has 94 valence electrons. The summed E-state index contributed by atoms with van der Waals surface area (Å²) < 4.78 is 6.30. The molecule has 0 N–H and O–H groups in total. The summed E-state index contributed by atoms with van der Waals surface area (Å²) in [6, 6.07) is 3.57. The molecule has 1 aromatic heterocycles. The van der Waals surface area contributed by atoms with Crippen molar-refractivity contribution in [2.24, 2.45) is 0 Å². The van der Waals surface area contributed by atoms with Gasteiger partial charge in [0.2, 0.25) is 5.91 Å². The molecule has 0 aliphatic rings. The van der Waals surface area contributed by atoms with E-state index in [1.54, 1.807) is 19.1 Å². The highest BCUT2D eigenvalue weighted by Crippen LogP contribution is 2.23. The molecule has 2 aromatic rings. The largest absolute Gasteiger partial charge is 0.462 e. The van der Waals surface area contributed by atoms with Gasteiger partial charge in [-0.15, -0.1) is 0 Å². The first kappa shape index (κ1) is 12.3. The van der Waals surface area contributed by atoms with E-state index in [2.05, 4.69) is 5.10 Å². The van der Waals surface area contributed by atoms with Gasteiger partial charge in [0.15, 0.2) is 0 Å². The minimum atomic E-state index is -0.385. The van der Waals surface area contributed by atoms with Crippen molar-refractivity contribution in [1.82, 2.24) is 9.78 Å². The van der Waals surface area contributed by atoms with Crippen molar-refractivity contribution in [3.8, 4) is 0 Å². The number of nitrogens with zero attached hydrogens (tertiary/aromatic N) is 2. The van der Waals surface area contributed by atoms with Crippen LogP contribution in [0.15, 0.2) is 18.3 Å². The Balaban J connectivity index is 2.68. The Kier molecular flexibility index (Phi) is 3.14. The van der Waals surface area contributed by atoms with Crippen molar-refractivity contribution < 1.29 is 14.3 Å². The summed E-state index contributed by atoms with van der Waals surface area (Å²) in [5.74, 6) is -0.577. The topological polar surface area (TPSA) is 61.2 Å². The molecule has 0 fully saturated rings. The zero-order valence-electron chi connectivity index (χ0n) is 10.6. The number of benzene rings is 1. The molecule has 2 rings (SSSR count). The fourth-order valence-electron chi connectivity index (χ4n) is 1.94. The minimum absolute atomic E-state index is 0.191. The normalized spacial score (nSPS) is 10.6. The van der Waals surface area contributed by atoms with Gasteiger partial charge >= 0.3 is 5.97 Å². The standard InChI is InChI=1S/C13H14N2O3/c1-4-18-13(17)12-8(2)5-6-11-10(12)7-14-15(11)9(3)16/h5-7H,4H2,1-3H3. The van der Waals surface area contributed by atoms with Gasteiger partial charge in [0.25, 0.3) is 0 Å². The maximum absolute atomic E-state index is 11.9. The molecule has 1 aromatic carbocycles. The number of hydrogen-bond donors (Lipinski definition) is 0. The van der Waals surface area contributed by atoms with Crippen molar-refractivity contribution in [3.63, 3.8) is 0 Å². The van der Waals surface area contributed by atoms with E-state index in [1.807, 2.05) is 6.92 Å². The molecular formula is C13H14N2O3. The van der Waals surface area contributed by atoms with Crippen LogP contribution in [0.3, 0.4) is 0 Å². The molecule has 0 amide bonds. The molecule has 0 bridgehead atoms. The van der Waals surface area contributed by atoms with Crippen LogP contribution in [0.5, 0.6) is 0 Å². The molecular weight excluding hydrogens is 232 g/mol. The van der Waals surface area contributed by atoms with Gasteiger partial charge in [-0.2, -0.15) is 5.10 Å². The van der Waals surface area contributed by atoms with Crippen LogP contribution in [0.25, 0.3) is 10.9 Å². The predicted octanol–water partition coefficient (Wildman–Crippen LogP) is 2.18. The molecule has 0 unspecified atom stereocenters. The van der Waals surface area contributed by atoms with Gasteiger partial charge in [0.05, 0.1) is 23.9 Å². The molecule has 18 heavy (non-hydrogen) atoms. The van der Waals surface area contributed by atoms with Gasteiger partial charge in [0, 0.05) is 12.3 Å². The summed E-state index contributed by atoms with van der Waals surface area (Å²) in [6.07, 6.45) is 1.52. The van der Waals surface area contributed by atoms with Crippen molar-refractivity contribution in [3.05, 3.63) is 29.5 Å². The fraction of sp³-hybridized carbons (Fsp3) is 0.308. The average molecular weight is 246 g/mol. The van der Waals surface area contributed by atoms with Crippen molar-refractivity contribution in [2.75, 3.05) is 6.61 Å². The van der Waals surface area contributed by atoms with E-state index in [0.29, 0.717) is 23.1 Å². The van der Waals surface area contributed by atoms with Crippen LogP contribution in [0, 0.1) is 6.92 Å². The number of carbonyl (C=O) groups is 2. The molecule has 0 spiro atoms. The van der Waals surface area contributed by atoms with E-state index in [0.717, 1.165) is 5.56 Å². The lowest BCUT2D eigenvalue weighted by molar-refractivity contribution is 0.0527. The van der Waals surface area contributed by atoms with Crippen molar-refractivity contribution in [2.45, 2.75) is 20.8 Å². The molecule has 0 atom stereocenters. The minimum Gasteiger partial charge on any atom is -0.462 e. The summed E-state index contributed by atoms with van der Waals surface area (Å²) in [4.78, 5) is 23.3. The van der Waals surface area contributed by atoms with E-state index in [-0.39, 0.29) is 11.9 Å². The Morgan fingerprint density at radius 1 is 1.39 bits per heavy atom. The number of esters is 1. The predicted molar refractivity (Wildman–Crippen MR) is 66.7 cm³/mol. The highest BCUT2D eigenvalue weighted by atomic mass is 16.5. The molecule has 0 saturated carbocycles. The Hall–Kier alpha value is -2.17.